The molecule has 0 atom stereocenters. The summed E-state index contributed by atoms with van der Waals surface area (Å²) in [5, 5.41) is 2.89. The van der Waals surface area contributed by atoms with Gasteiger partial charge in [-0.15, -0.1) is 0 Å². The fraction of sp³-hybridized carbons (Fsp3) is 0.560. The number of amides is 1. The van der Waals surface area contributed by atoms with E-state index in [0.29, 0.717) is 24.7 Å². The Balaban J connectivity index is 1.89. The van der Waals surface area contributed by atoms with E-state index in [1.54, 1.807) is 0 Å². The van der Waals surface area contributed by atoms with Crippen LogP contribution in [0.3, 0.4) is 0 Å². The molecule has 3 rings (SSSR count). The number of unbranched alkanes of at least 4 members (excludes halogenated alkanes) is 2. The quantitative estimate of drug-likeness (QED) is 0.491. The monoisotopic (exact) mass is 454 g/mol. The fourth-order valence-electron chi connectivity index (χ4n) is 3.89. The molecule has 0 unspecified atom stereocenters. The minimum atomic E-state index is -0.817. The van der Waals surface area contributed by atoms with Crippen LogP contribution >= 0.6 is 0 Å². The van der Waals surface area contributed by atoms with Gasteiger partial charge in [0.1, 0.15) is 11.2 Å². The molecule has 1 aromatic carbocycles. The summed E-state index contributed by atoms with van der Waals surface area (Å²) in [6.07, 6.45) is 4.30. The first-order chi connectivity index (χ1) is 15.8. The largest absolute Gasteiger partial charge is 0.463 e. The average Bonchev–Trinajstić information content (AvgIpc) is 2.77. The van der Waals surface area contributed by atoms with Crippen LogP contribution in [-0.2, 0) is 17.9 Å². The first-order valence-electron chi connectivity index (χ1n) is 11.9. The third-order valence-corrected chi connectivity index (χ3v) is 6.03. The predicted octanol–water partition coefficient (Wildman–Crippen LogP) is 4.21. The van der Waals surface area contributed by atoms with Gasteiger partial charge in [-0.1, -0.05) is 51.0 Å². The van der Waals surface area contributed by atoms with E-state index in [-0.39, 0.29) is 17.7 Å². The maximum absolute atomic E-state index is 12.9. The third kappa shape index (κ3) is 5.93. The van der Waals surface area contributed by atoms with Gasteiger partial charge in [0.25, 0.3) is 0 Å². The van der Waals surface area contributed by atoms with Crippen LogP contribution in [0.15, 0.2) is 24.3 Å². The number of carbonyl (C=O) groups is 1. The highest BCUT2D eigenvalue weighted by Gasteiger charge is 2.42. The Morgan fingerprint density at radius 2 is 1.88 bits per heavy atom. The molecule has 0 saturated carbocycles. The second-order valence-electron chi connectivity index (χ2n) is 9.30. The second-order valence-corrected chi connectivity index (χ2v) is 9.30. The molecule has 0 aliphatic carbocycles. The summed E-state index contributed by atoms with van der Waals surface area (Å²) in [5.41, 5.74) is 8.17. The van der Waals surface area contributed by atoms with Gasteiger partial charge in [0, 0.05) is 13.1 Å². The molecular weight excluding hydrogens is 416 g/mol. The van der Waals surface area contributed by atoms with Gasteiger partial charge in [0.2, 0.25) is 5.91 Å². The summed E-state index contributed by atoms with van der Waals surface area (Å²) in [6, 6.07) is 8.75. The molecule has 1 amide bonds. The van der Waals surface area contributed by atoms with E-state index in [4.69, 9.17) is 10.5 Å². The van der Waals surface area contributed by atoms with Gasteiger partial charge in [-0.3, -0.25) is 4.79 Å². The third-order valence-electron chi connectivity index (χ3n) is 6.03. The van der Waals surface area contributed by atoms with E-state index >= 15 is 0 Å². The molecule has 180 valence electrons. The van der Waals surface area contributed by atoms with Crippen LogP contribution in [-0.4, -0.2) is 46.5 Å². The van der Waals surface area contributed by atoms with Crippen LogP contribution in [0.1, 0.15) is 64.5 Å². The highest BCUT2D eigenvalue weighted by molar-refractivity contribution is 6.07. The van der Waals surface area contributed by atoms with Crippen molar-refractivity contribution in [2.45, 2.75) is 72.0 Å². The summed E-state index contributed by atoms with van der Waals surface area (Å²) in [5.74, 6) is 0.663. The number of fused-ring (bicyclic) bond motifs is 1. The number of aromatic nitrogens is 2. The van der Waals surface area contributed by atoms with Gasteiger partial charge >= 0.3 is 6.01 Å². The Bertz CT molecular complexity index is 962. The fourth-order valence-corrected chi connectivity index (χ4v) is 3.89. The number of hydrogen-bond acceptors (Lipinski definition) is 7. The van der Waals surface area contributed by atoms with E-state index in [1.807, 2.05) is 18.7 Å². The van der Waals surface area contributed by atoms with Crippen LogP contribution in [0.2, 0.25) is 0 Å². The topological polar surface area (TPSA) is 96.6 Å². The van der Waals surface area contributed by atoms with E-state index in [0.717, 1.165) is 31.5 Å². The zero-order valence-electron chi connectivity index (χ0n) is 20.6. The van der Waals surface area contributed by atoms with Gasteiger partial charge < -0.3 is 25.6 Å². The Kier molecular flexibility index (Phi) is 8.13. The summed E-state index contributed by atoms with van der Waals surface area (Å²) < 4.78 is 5.73. The number of ether oxygens (including phenoxy) is 1. The Morgan fingerprint density at radius 3 is 2.61 bits per heavy atom. The minimum Gasteiger partial charge on any atom is -0.463 e. The molecule has 0 fully saturated rings. The average molecular weight is 455 g/mol. The molecule has 1 aliphatic heterocycles. The predicted molar refractivity (Wildman–Crippen MR) is 133 cm³/mol. The number of nitrogen functional groups attached to an aromatic ring is 1. The molecule has 0 saturated heterocycles. The first kappa shape index (κ1) is 24.8. The van der Waals surface area contributed by atoms with Gasteiger partial charge in [-0.2, -0.15) is 9.97 Å². The van der Waals surface area contributed by atoms with Crippen molar-refractivity contribution >= 4 is 23.2 Å². The van der Waals surface area contributed by atoms with E-state index in [9.17, 15) is 4.79 Å². The number of nitrogens with one attached hydrogen (secondary N) is 1. The maximum Gasteiger partial charge on any atom is 0.320 e. The molecular formula is C25H38N6O2. The normalized spacial score (nSPS) is 14.8. The second kappa shape index (κ2) is 10.8. The Morgan fingerprint density at radius 1 is 1.15 bits per heavy atom. The van der Waals surface area contributed by atoms with Crippen molar-refractivity contribution in [2.75, 3.05) is 36.1 Å². The SMILES string of the molecule is CCCCOc1nc(N)c2c(n1)N(Cc1cccc(CN(C)CCCC)c1)C(C)(C)C(=O)N2. The van der Waals surface area contributed by atoms with Crippen LogP contribution in [0.4, 0.5) is 17.3 Å². The highest BCUT2D eigenvalue weighted by Crippen LogP contribution is 2.40. The Hall–Kier alpha value is -2.87. The molecule has 0 bridgehead atoms. The number of benzene rings is 1. The lowest BCUT2D eigenvalue weighted by molar-refractivity contribution is -0.120. The minimum absolute atomic E-state index is 0.139. The lowest BCUT2D eigenvalue weighted by Gasteiger charge is -2.42. The maximum atomic E-state index is 12.9. The summed E-state index contributed by atoms with van der Waals surface area (Å²) in [4.78, 5) is 26.2. The molecule has 1 aliphatic rings. The number of carbonyl (C=O) groups excluding carboxylic acids is 1. The van der Waals surface area contributed by atoms with E-state index < -0.39 is 5.54 Å². The lowest BCUT2D eigenvalue weighted by atomic mass is 9.97. The van der Waals surface area contributed by atoms with Crippen LogP contribution in [0, 0.1) is 0 Å². The summed E-state index contributed by atoms with van der Waals surface area (Å²) in [6.45, 7) is 11.1. The van der Waals surface area contributed by atoms with Crippen molar-refractivity contribution in [1.29, 1.82) is 0 Å². The molecule has 2 aromatic rings. The molecule has 1 aromatic heterocycles. The molecule has 8 heteroatoms. The Labute approximate surface area is 197 Å². The van der Waals surface area contributed by atoms with Crippen molar-refractivity contribution in [2.24, 2.45) is 0 Å². The molecule has 0 radical (unpaired) electrons. The zero-order valence-corrected chi connectivity index (χ0v) is 20.6. The van der Waals surface area contributed by atoms with Gasteiger partial charge in [0.15, 0.2) is 11.6 Å². The smallest absolute Gasteiger partial charge is 0.320 e. The van der Waals surface area contributed by atoms with Crippen LogP contribution < -0.4 is 20.7 Å². The van der Waals surface area contributed by atoms with Crippen LogP contribution in [0.5, 0.6) is 6.01 Å². The van der Waals surface area contributed by atoms with Crippen molar-refractivity contribution in [3.05, 3.63) is 35.4 Å². The molecule has 2 heterocycles. The van der Waals surface area contributed by atoms with Crippen LogP contribution in [0.25, 0.3) is 0 Å². The van der Waals surface area contributed by atoms with E-state index in [1.165, 1.54) is 18.4 Å². The van der Waals surface area contributed by atoms with Gasteiger partial charge in [-0.05, 0) is 51.4 Å². The van der Waals surface area contributed by atoms with Gasteiger partial charge in [-0.25, -0.2) is 0 Å². The molecule has 3 N–H and O–H groups in total. The number of hydrogen-bond donors (Lipinski definition) is 2. The van der Waals surface area contributed by atoms with E-state index in [2.05, 4.69) is 65.3 Å². The van der Waals surface area contributed by atoms with Crippen molar-refractivity contribution < 1.29 is 9.53 Å². The van der Waals surface area contributed by atoms with Crippen molar-refractivity contribution in [1.82, 2.24) is 14.9 Å². The summed E-state index contributed by atoms with van der Waals surface area (Å²) in [7, 11) is 2.15. The van der Waals surface area contributed by atoms with Gasteiger partial charge in [0.05, 0.1) is 6.61 Å². The zero-order chi connectivity index (χ0) is 24.0. The first-order valence-corrected chi connectivity index (χ1v) is 11.9. The molecule has 33 heavy (non-hydrogen) atoms. The standard InChI is InChI=1S/C25H38N6O2/c1-6-8-13-30(5)16-18-11-10-12-19(15-18)17-31-22-20(27-23(32)25(31,3)4)21(26)28-24(29-22)33-14-9-7-2/h10-12,15H,6-9,13-14,16-17H2,1-5H3,(H,27,32)(H2,26,28,29). The number of nitrogens with two attached hydrogens (primary N) is 1. The van der Waals surface area contributed by atoms with Crippen molar-refractivity contribution in [3.63, 3.8) is 0 Å². The highest BCUT2D eigenvalue weighted by atomic mass is 16.5. The number of nitrogens with zero attached hydrogens (tertiary/aromatic N) is 4. The number of rotatable bonds is 11. The molecule has 0 spiro atoms. The number of anilines is 3. The molecule has 8 nitrogen and oxygen atoms in total. The summed E-state index contributed by atoms with van der Waals surface area (Å²) >= 11 is 0. The van der Waals surface area contributed by atoms with Crippen molar-refractivity contribution in [3.8, 4) is 6.01 Å². The lowest BCUT2D eigenvalue weighted by Crippen LogP contribution is -2.56.